The van der Waals surface area contributed by atoms with Crippen molar-refractivity contribution in [1.82, 2.24) is 4.90 Å². The van der Waals surface area contributed by atoms with Gasteiger partial charge >= 0.3 is 17.6 Å². The Hall–Kier alpha value is -1.81. The van der Waals surface area contributed by atoms with Gasteiger partial charge in [-0.05, 0) is 80.1 Å². The van der Waals surface area contributed by atoms with Crippen molar-refractivity contribution in [3.8, 4) is 0 Å². The summed E-state index contributed by atoms with van der Waals surface area (Å²) < 4.78 is 78.9. The second-order valence-electron chi connectivity index (χ2n) is 8.92. The minimum absolute atomic E-state index is 0.0579. The molecule has 1 aromatic rings. The van der Waals surface area contributed by atoms with Gasteiger partial charge in [0, 0.05) is 11.4 Å². The smallest absolute Gasteiger partial charge is 0.299 e. The maximum Gasteiger partial charge on any atom is 0.416 e. The molecule has 3 nitrogen and oxygen atoms in total. The number of piperidine rings is 1. The second-order valence-corrected chi connectivity index (χ2v) is 9.91. The lowest BCUT2D eigenvalue weighted by Gasteiger charge is -2.31. The van der Waals surface area contributed by atoms with Gasteiger partial charge in [-0.2, -0.15) is 26.3 Å². The molecular formula is C23H24F6N2OS. The predicted octanol–water partition coefficient (Wildman–Crippen LogP) is 7.32. The Labute approximate surface area is 192 Å². The second kappa shape index (κ2) is 9.44. The molecule has 2 fully saturated rings. The van der Waals surface area contributed by atoms with Crippen LogP contribution in [0.3, 0.4) is 0 Å². The van der Waals surface area contributed by atoms with Crippen LogP contribution in [0.1, 0.15) is 55.2 Å². The Balaban J connectivity index is 1.38. The van der Waals surface area contributed by atoms with Gasteiger partial charge in [0.25, 0.3) is 0 Å². The Morgan fingerprint density at radius 2 is 1.73 bits per heavy atom. The van der Waals surface area contributed by atoms with E-state index < -0.39 is 23.5 Å². The number of carbonyl (C=O) groups excluding carboxylic acids is 1. The molecule has 2 heterocycles. The molecule has 2 aliphatic heterocycles. The summed E-state index contributed by atoms with van der Waals surface area (Å²) in [4.78, 5) is 18.7. The topological polar surface area (TPSA) is 32.7 Å². The monoisotopic (exact) mass is 490 g/mol. The molecule has 1 saturated heterocycles. The number of hydrogen-bond acceptors (Lipinski definition) is 3. The van der Waals surface area contributed by atoms with Gasteiger partial charge in [-0.3, -0.25) is 9.69 Å². The molecule has 0 radical (unpaired) electrons. The molecule has 0 aromatic heterocycles. The molecule has 1 saturated carbocycles. The van der Waals surface area contributed by atoms with Crippen LogP contribution in [0.15, 0.2) is 34.2 Å². The Bertz CT molecular complexity index is 957. The first kappa shape index (κ1) is 24.3. The molecule has 1 amide bonds. The first-order valence-corrected chi connectivity index (χ1v) is 11.8. The minimum Gasteiger partial charge on any atom is -0.299 e. The van der Waals surface area contributed by atoms with E-state index in [4.69, 9.17) is 0 Å². The molecule has 1 aromatic carbocycles. The molecule has 3 aliphatic rings. The van der Waals surface area contributed by atoms with Crippen LogP contribution >= 0.6 is 11.8 Å². The number of rotatable bonds is 6. The van der Waals surface area contributed by atoms with Gasteiger partial charge in [0.05, 0.1) is 16.8 Å². The van der Waals surface area contributed by atoms with Crippen molar-refractivity contribution >= 4 is 22.7 Å². The molecule has 0 spiro atoms. The largest absolute Gasteiger partial charge is 0.416 e. The molecule has 0 atom stereocenters. The van der Waals surface area contributed by atoms with Crippen LogP contribution in [-0.4, -0.2) is 28.9 Å². The number of hydrogen-bond donors (Lipinski definition) is 0. The number of likely N-dealkylation sites (tertiary alicyclic amines) is 1. The van der Waals surface area contributed by atoms with E-state index in [0.717, 1.165) is 47.2 Å². The Kier molecular flexibility index (Phi) is 6.96. The first-order chi connectivity index (χ1) is 15.5. The predicted molar refractivity (Wildman–Crippen MR) is 115 cm³/mol. The summed E-state index contributed by atoms with van der Waals surface area (Å²) in [5, 5.41) is -0.202. The number of alkyl halides is 6. The zero-order valence-electron chi connectivity index (χ0n) is 17.8. The van der Waals surface area contributed by atoms with E-state index in [1.54, 1.807) is 0 Å². The van der Waals surface area contributed by atoms with E-state index in [0.29, 0.717) is 32.0 Å². The lowest BCUT2D eigenvalue weighted by atomic mass is 9.94. The molecule has 180 valence electrons. The third-order valence-electron chi connectivity index (χ3n) is 6.35. The molecule has 0 N–H and O–H groups in total. The van der Waals surface area contributed by atoms with Crippen molar-refractivity contribution in [1.29, 1.82) is 0 Å². The van der Waals surface area contributed by atoms with E-state index in [1.165, 1.54) is 12.8 Å². The number of amides is 1. The summed E-state index contributed by atoms with van der Waals surface area (Å²) in [6.45, 7) is 0.997. The third kappa shape index (κ3) is 6.41. The Morgan fingerprint density at radius 3 is 2.33 bits per heavy atom. The molecule has 0 bridgehead atoms. The summed E-state index contributed by atoms with van der Waals surface area (Å²) >= 11 is 1.14. The van der Waals surface area contributed by atoms with Gasteiger partial charge in [0.2, 0.25) is 0 Å². The molecule has 0 unspecified atom stereocenters. The third-order valence-corrected chi connectivity index (χ3v) is 7.21. The lowest BCUT2D eigenvalue weighted by Crippen LogP contribution is -2.33. The van der Waals surface area contributed by atoms with Crippen LogP contribution < -0.4 is 0 Å². The van der Waals surface area contributed by atoms with Crippen LogP contribution in [0.5, 0.6) is 0 Å². The minimum atomic E-state index is -4.86. The fourth-order valence-corrected chi connectivity index (χ4v) is 5.15. The lowest BCUT2D eigenvalue weighted by molar-refractivity contribution is -0.143. The molecule has 1 aliphatic carbocycles. The van der Waals surface area contributed by atoms with E-state index in [1.807, 2.05) is 4.90 Å². The number of nitrogens with zero attached hydrogens (tertiary/aromatic N) is 2. The summed E-state index contributed by atoms with van der Waals surface area (Å²) in [6, 6.07) is 1.84. The fourth-order valence-electron chi connectivity index (χ4n) is 4.29. The summed E-state index contributed by atoms with van der Waals surface area (Å²) in [5.74, 6) is 0.931. The summed E-state index contributed by atoms with van der Waals surface area (Å²) in [6.07, 6.45) is -1.90. The van der Waals surface area contributed by atoms with Crippen molar-refractivity contribution in [3.05, 3.63) is 45.9 Å². The quantitative estimate of drug-likeness (QED) is 0.392. The van der Waals surface area contributed by atoms with Crippen LogP contribution in [0, 0.1) is 11.8 Å². The van der Waals surface area contributed by atoms with Gasteiger partial charge in [-0.1, -0.05) is 25.0 Å². The van der Waals surface area contributed by atoms with Crippen molar-refractivity contribution < 1.29 is 31.1 Å². The van der Waals surface area contributed by atoms with Crippen LogP contribution in [0.25, 0.3) is 0 Å². The Morgan fingerprint density at radius 1 is 1.03 bits per heavy atom. The highest BCUT2D eigenvalue weighted by molar-refractivity contribution is 8.18. The number of carbonyl (C=O) groups is 1. The number of allylic oxidation sites excluding steroid dienone is 2. The molecular weight excluding hydrogens is 466 g/mol. The van der Waals surface area contributed by atoms with E-state index in [9.17, 15) is 31.1 Å². The standard InChI is InChI=1S/C23H24F6N2OS/c24-22(25,26)17-5-4-16(18(12-17)23(27,28)29)13-31-9-7-15(8-10-31)11-20-19(30-21(32)33-20)6-3-14-1-2-14/h4-5,11-12,14-15H,1-3,6-10,13H2/b20-11-. The van der Waals surface area contributed by atoms with Crippen LogP contribution in [-0.2, 0) is 18.9 Å². The van der Waals surface area contributed by atoms with Crippen molar-refractivity contribution in [2.45, 2.75) is 57.4 Å². The highest BCUT2D eigenvalue weighted by atomic mass is 32.2. The highest BCUT2D eigenvalue weighted by Crippen LogP contribution is 2.39. The van der Waals surface area contributed by atoms with Gasteiger partial charge in [0.15, 0.2) is 0 Å². The van der Waals surface area contributed by atoms with Crippen molar-refractivity contribution in [2.75, 3.05) is 13.1 Å². The SMILES string of the molecule is O=C1N=C(CCC2CC2)/C(=C/C2CCN(Cc3ccc(C(F)(F)F)cc3C(F)(F)F)CC2)S1. The average molecular weight is 491 g/mol. The number of thioether (sulfide) groups is 1. The van der Waals surface area contributed by atoms with Crippen LogP contribution in [0.4, 0.5) is 31.1 Å². The first-order valence-electron chi connectivity index (χ1n) is 11.0. The van der Waals surface area contributed by atoms with Gasteiger partial charge < -0.3 is 0 Å². The van der Waals surface area contributed by atoms with E-state index in [2.05, 4.69) is 11.1 Å². The maximum atomic E-state index is 13.4. The number of aliphatic imine (C=N–C) groups is 1. The maximum absolute atomic E-state index is 13.4. The van der Waals surface area contributed by atoms with Gasteiger partial charge in [-0.15, -0.1) is 0 Å². The summed E-state index contributed by atoms with van der Waals surface area (Å²) in [7, 11) is 0. The zero-order valence-corrected chi connectivity index (χ0v) is 18.6. The summed E-state index contributed by atoms with van der Waals surface area (Å²) in [5.41, 5.74) is -1.84. The van der Waals surface area contributed by atoms with E-state index in [-0.39, 0.29) is 29.3 Å². The highest BCUT2D eigenvalue weighted by Gasteiger charge is 2.38. The number of benzene rings is 1. The fraction of sp³-hybridized carbons (Fsp3) is 0.565. The van der Waals surface area contributed by atoms with Gasteiger partial charge in [-0.25, -0.2) is 4.99 Å². The van der Waals surface area contributed by atoms with Crippen molar-refractivity contribution in [3.63, 3.8) is 0 Å². The van der Waals surface area contributed by atoms with Crippen molar-refractivity contribution in [2.24, 2.45) is 16.8 Å². The van der Waals surface area contributed by atoms with Gasteiger partial charge in [0.1, 0.15) is 0 Å². The molecule has 33 heavy (non-hydrogen) atoms. The number of halogens is 6. The molecule has 4 rings (SSSR count). The van der Waals surface area contributed by atoms with Crippen LogP contribution in [0.2, 0.25) is 0 Å². The molecule has 10 heteroatoms. The normalized spacial score (nSPS) is 22.3. The van der Waals surface area contributed by atoms with E-state index >= 15 is 0 Å². The zero-order chi connectivity index (χ0) is 23.8. The average Bonchev–Trinajstić information content (AvgIpc) is 3.49.